The third-order valence-electron chi connectivity index (χ3n) is 3.86. The molecule has 3 rings (SSSR count). The number of hydrogen-bond acceptors (Lipinski definition) is 4. The van der Waals surface area contributed by atoms with E-state index >= 15 is 0 Å². The molecule has 0 saturated carbocycles. The fraction of sp³-hybridized carbons (Fsp3) is 0.0909. The topological polar surface area (TPSA) is 67.4 Å². The minimum absolute atomic E-state index is 0.0129. The maximum atomic E-state index is 12.1. The molecule has 0 spiro atoms. The molecule has 0 aliphatic carbocycles. The first kappa shape index (κ1) is 18.2. The van der Waals surface area contributed by atoms with Gasteiger partial charge in [0.15, 0.2) is 5.78 Å². The Labute approximate surface area is 158 Å². The van der Waals surface area contributed by atoms with Crippen molar-refractivity contribution in [3.8, 4) is 11.5 Å². The summed E-state index contributed by atoms with van der Waals surface area (Å²) in [6, 6.07) is 23.7. The standard InChI is InChI=1S/C22H20N2O3/c1-16(25)17-7-9-18(10-8-17)23-15-22(26)24-19-11-13-21(14-12-19)27-20-5-3-2-4-6-20/h2-14,23H,15H2,1H3,(H,24,26). The van der Waals surface area contributed by atoms with Crippen LogP contribution in [0.2, 0.25) is 0 Å². The van der Waals surface area contributed by atoms with Gasteiger partial charge in [-0.1, -0.05) is 18.2 Å². The number of ether oxygens (including phenoxy) is 1. The largest absolute Gasteiger partial charge is 0.457 e. The van der Waals surface area contributed by atoms with Gasteiger partial charge in [-0.15, -0.1) is 0 Å². The monoisotopic (exact) mass is 360 g/mol. The third-order valence-corrected chi connectivity index (χ3v) is 3.86. The Balaban J connectivity index is 1.49. The molecule has 0 fully saturated rings. The van der Waals surface area contributed by atoms with Gasteiger partial charge < -0.3 is 15.4 Å². The maximum absolute atomic E-state index is 12.1. The predicted octanol–water partition coefficient (Wildman–Crippen LogP) is 4.73. The fourth-order valence-corrected chi connectivity index (χ4v) is 2.44. The third kappa shape index (κ3) is 5.44. The Morgan fingerprint density at radius 2 is 1.37 bits per heavy atom. The van der Waals surface area contributed by atoms with Crippen molar-refractivity contribution in [1.82, 2.24) is 0 Å². The van der Waals surface area contributed by atoms with Crippen LogP contribution in [0.1, 0.15) is 17.3 Å². The number of anilines is 2. The molecule has 5 heteroatoms. The van der Waals surface area contributed by atoms with E-state index in [4.69, 9.17) is 4.74 Å². The van der Waals surface area contributed by atoms with Crippen LogP contribution in [-0.4, -0.2) is 18.2 Å². The SMILES string of the molecule is CC(=O)c1ccc(NCC(=O)Nc2ccc(Oc3ccccc3)cc2)cc1. The summed E-state index contributed by atoms with van der Waals surface area (Å²) in [5.74, 6) is 1.30. The van der Waals surface area contributed by atoms with E-state index in [2.05, 4.69) is 10.6 Å². The van der Waals surface area contributed by atoms with Gasteiger partial charge >= 0.3 is 0 Å². The van der Waals surface area contributed by atoms with Crippen LogP contribution in [0.25, 0.3) is 0 Å². The molecular weight excluding hydrogens is 340 g/mol. The molecule has 1 amide bonds. The molecule has 0 atom stereocenters. The lowest BCUT2D eigenvalue weighted by molar-refractivity contribution is -0.114. The summed E-state index contributed by atoms with van der Waals surface area (Å²) in [6.45, 7) is 1.65. The highest BCUT2D eigenvalue weighted by Gasteiger charge is 2.04. The van der Waals surface area contributed by atoms with E-state index in [9.17, 15) is 9.59 Å². The Morgan fingerprint density at radius 3 is 2.00 bits per heavy atom. The van der Waals surface area contributed by atoms with Crippen molar-refractivity contribution in [3.63, 3.8) is 0 Å². The van der Waals surface area contributed by atoms with Crippen LogP contribution in [0.3, 0.4) is 0 Å². The average Bonchev–Trinajstić information content (AvgIpc) is 2.69. The van der Waals surface area contributed by atoms with E-state index in [1.165, 1.54) is 6.92 Å². The highest BCUT2D eigenvalue weighted by atomic mass is 16.5. The number of rotatable bonds is 7. The zero-order valence-corrected chi connectivity index (χ0v) is 14.9. The van der Waals surface area contributed by atoms with E-state index in [-0.39, 0.29) is 18.2 Å². The second-order valence-electron chi connectivity index (χ2n) is 5.97. The molecule has 0 radical (unpaired) electrons. The van der Waals surface area contributed by atoms with Crippen molar-refractivity contribution in [1.29, 1.82) is 0 Å². The minimum Gasteiger partial charge on any atom is -0.457 e. The number of ketones is 1. The molecule has 0 heterocycles. The highest BCUT2D eigenvalue weighted by molar-refractivity contribution is 5.95. The van der Waals surface area contributed by atoms with Gasteiger partial charge in [0.25, 0.3) is 0 Å². The first-order chi connectivity index (χ1) is 13.1. The summed E-state index contributed by atoms with van der Waals surface area (Å²) < 4.78 is 5.72. The molecule has 0 bridgehead atoms. The zero-order chi connectivity index (χ0) is 19.1. The zero-order valence-electron chi connectivity index (χ0n) is 14.9. The van der Waals surface area contributed by atoms with Crippen molar-refractivity contribution < 1.29 is 14.3 Å². The van der Waals surface area contributed by atoms with E-state index in [1.807, 2.05) is 30.3 Å². The van der Waals surface area contributed by atoms with Gasteiger partial charge in [-0.05, 0) is 67.6 Å². The number of benzene rings is 3. The Bertz CT molecular complexity index is 905. The second kappa shape index (κ2) is 8.67. The lowest BCUT2D eigenvalue weighted by Crippen LogP contribution is -2.21. The normalized spacial score (nSPS) is 10.1. The number of hydrogen-bond donors (Lipinski definition) is 2. The molecule has 5 nitrogen and oxygen atoms in total. The van der Waals surface area contributed by atoms with Crippen LogP contribution in [0.15, 0.2) is 78.9 Å². The molecule has 0 aliphatic heterocycles. The molecule has 3 aromatic rings. The van der Waals surface area contributed by atoms with Gasteiger partial charge in [0.05, 0.1) is 6.54 Å². The molecule has 0 aliphatic rings. The first-order valence-electron chi connectivity index (χ1n) is 8.58. The highest BCUT2D eigenvalue weighted by Crippen LogP contribution is 2.22. The van der Waals surface area contributed by atoms with E-state index < -0.39 is 0 Å². The molecule has 27 heavy (non-hydrogen) atoms. The van der Waals surface area contributed by atoms with E-state index in [1.54, 1.807) is 48.5 Å². The van der Waals surface area contributed by atoms with Crippen LogP contribution in [-0.2, 0) is 4.79 Å². The first-order valence-corrected chi connectivity index (χ1v) is 8.58. The Kier molecular flexibility index (Phi) is 5.84. The van der Waals surface area contributed by atoms with E-state index in [0.29, 0.717) is 17.0 Å². The smallest absolute Gasteiger partial charge is 0.243 e. The number of carbonyl (C=O) groups excluding carboxylic acids is 2. The van der Waals surface area contributed by atoms with Crippen molar-refractivity contribution in [3.05, 3.63) is 84.4 Å². The quantitative estimate of drug-likeness (QED) is 0.598. The number of para-hydroxylation sites is 1. The molecular formula is C22H20N2O3. The van der Waals surface area contributed by atoms with Gasteiger partial charge in [0.2, 0.25) is 5.91 Å². The van der Waals surface area contributed by atoms with Crippen LogP contribution >= 0.6 is 0 Å². The van der Waals surface area contributed by atoms with Crippen molar-refractivity contribution in [2.24, 2.45) is 0 Å². The summed E-state index contributed by atoms with van der Waals surface area (Å²) in [7, 11) is 0. The molecule has 0 unspecified atom stereocenters. The van der Waals surface area contributed by atoms with Crippen molar-refractivity contribution in [2.45, 2.75) is 6.92 Å². The van der Waals surface area contributed by atoms with Gasteiger partial charge in [0.1, 0.15) is 11.5 Å². The minimum atomic E-state index is -0.164. The Hall–Kier alpha value is -3.60. The molecule has 2 N–H and O–H groups in total. The summed E-state index contributed by atoms with van der Waals surface area (Å²) in [6.07, 6.45) is 0. The average molecular weight is 360 g/mol. The van der Waals surface area contributed by atoms with Crippen LogP contribution in [0.5, 0.6) is 11.5 Å². The van der Waals surface area contributed by atoms with Gasteiger partial charge in [0, 0.05) is 16.9 Å². The summed E-state index contributed by atoms with van der Waals surface area (Å²) in [5.41, 5.74) is 2.11. The van der Waals surface area contributed by atoms with Gasteiger partial charge in [-0.25, -0.2) is 0 Å². The van der Waals surface area contributed by atoms with Gasteiger partial charge in [-0.3, -0.25) is 9.59 Å². The predicted molar refractivity (Wildman–Crippen MR) is 107 cm³/mol. The number of nitrogens with one attached hydrogen (secondary N) is 2. The number of Topliss-reactive ketones (excluding diaryl/α,β-unsaturated/α-hetero) is 1. The molecule has 136 valence electrons. The second-order valence-corrected chi connectivity index (χ2v) is 5.97. The summed E-state index contributed by atoms with van der Waals surface area (Å²) in [4.78, 5) is 23.3. The van der Waals surface area contributed by atoms with Crippen LogP contribution in [0.4, 0.5) is 11.4 Å². The van der Waals surface area contributed by atoms with E-state index in [0.717, 1.165) is 11.4 Å². The molecule has 3 aromatic carbocycles. The molecule has 0 saturated heterocycles. The van der Waals surface area contributed by atoms with Crippen LogP contribution in [0, 0.1) is 0 Å². The fourth-order valence-electron chi connectivity index (χ4n) is 2.44. The van der Waals surface area contributed by atoms with Crippen LogP contribution < -0.4 is 15.4 Å². The Morgan fingerprint density at radius 1 is 0.778 bits per heavy atom. The summed E-state index contributed by atoms with van der Waals surface area (Å²) >= 11 is 0. The lowest BCUT2D eigenvalue weighted by atomic mass is 10.1. The van der Waals surface area contributed by atoms with Gasteiger partial charge in [-0.2, -0.15) is 0 Å². The number of carbonyl (C=O) groups is 2. The maximum Gasteiger partial charge on any atom is 0.243 e. The molecule has 0 aromatic heterocycles. The lowest BCUT2D eigenvalue weighted by Gasteiger charge is -2.09. The number of amides is 1. The summed E-state index contributed by atoms with van der Waals surface area (Å²) in [5, 5.41) is 5.85. The van der Waals surface area contributed by atoms with Crippen molar-refractivity contribution >= 4 is 23.1 Å². The van der Waals surface area contributed by atoms with Crippen molar-refractivity contribution in [2.75, 3.05) is 17.2 Å².